The van der Waals surface area contributed by atoms with Crippen LogP contribution in [0.5, 0.6) is 0 Å². The van der Waals surface area contributed by atoms with Crippen molar-refractivity contribution in [2.45, 2.75) is 6.04 Å². The molecule has 0 radical (unpaired) electrons. The number of carbonyl (C=O) groups excluding carboxylic acids is 2. The first-order valence-electron chi connectivity index (χ1n) is 6.25. The third kappa shape index (κ3) is 2.20. The van der Waals surface area contributed by atoms with Gasteiger partial charge in [0.05, 0.1) is 11.6 Å². The van der Waals surface area contributed by atoms with Crippen LogP contribution in [0.3, 0.4) is 0 Å². The molecule has 2 fully saturated rings. The van der Waals surface area contributed by atoms with E-state index in [2.05, 4.69) is 21.2 Å². The molecule has 0 aliphatic carbocycles. The highest BCUT2D eigenvalue weighted by Gasteiger charge is 2.37. The Balaban J connectivity index is 1.76. The lowest BCUT2D eigenvalue weighted by Gasteiger charge is -2.36. The Morgan fingerprint density at radius 3 is 2.89 bits per heavy atom. The van der Waals surface area contributed by atoms with Gasteiger partial charge >= 0.3 is 6.03 Å². The molecule has 0 bridgehead atoms. The van der Waals surface area contributed by atoms with E-state index in [1.165, 1.54) is 0 Å². The topological polar surface area (TPSA) is 52.7 Å². The largest absolute Gasteiger partial charge is 0.336 e. The number of benzene rings is 1. The molecule has 2 heterocycles. The Morgan fingerprint density at radius 2 is 2.11 bits per heavy atom. The molecule has 0 spiro atoms. The quantitative estimate of drug-likeness (QED) is 0.847. The Kier molecular flexibility index (Phi) is 3.18. The van der Waals surface area contributed by atoms with Gasteiger partial charge in [0.2, 0.25) is 0 Å². The summed E-state index contributed by atoms with van der Waals surface area (Å²) in [7, 11) is 0. The highest BCUT2D eigenvalue weighted by molar-refractivity contribution is 9.10. The van der Waals surface area contributed by atoms with Crippen LogP contribution in [-0.2, 0) is 0 Å². The summed E-state index contributed by atoms with van der Waals surface area (Å²) in [6, 6.07) is 7.51. The standard InChI is InChI=1S/C13H14BrN3O2/c14-11-4-2-1-3-10(11)12(18)16-5-6-17-9(8-16)7-15-13(17)19/h1-4,9H,5-8H2,(H,15,19). The lowest BCUT2D eigenvalue weighted by atomic mass is 10.1. The maximum Gasteiger partial charge on any atom is 0.317 e. The van der Waals surface area contributed by atoms with Gasteiger partial charge in [-0.05, 0) is 28.1 Å². The Hall–Kier alpha value is -1.56. The van der Waals surface area contributed by atoms with E-state index in [1.807, 2.05) is 34.1 Å². The van der Waals surface area contributed by atoms with Crippen LogP contribution in [0.2, 0.25) is 0 Å². The van der Waals surface area contributed by atoms with E-state index in [1.54, 1.807) is 0 Å². The summed E-state index contributed by atoms with van der Waals surface area (Å²) >= 11 is 3.41. The lowest BCUT2D eigenvalue weighted by Crippen LogP contribution is -2.53. The zero-order valence-corrected chi connectivity index (χ0v) is 11.9. The number of nitrogens with one attached hydrogen (secondary N) is 1. The van der Waals surface area contributed by atoms with Crippen molar-refractivity contribution in [3.8, 4) is 0 Å². The molecule has 5 nitrogen and oxygen atoms in total. The second-order valence-electron chi connectivity index (χ2n) is 4.76. The summed E-state index contributed by atoms with van der Waals surface area (Å²) in [5, 5.41) is 2.81. The van der Waals surface area contributed by atoms with E-state index in [0.717, 1.165) is 4.47 Å². The molecular formula is C13H14BrN3O2. The summed E-state index contributed by atoms with van der Waals surface area (Å²) in [6.45, 7) is 2.41. The monoisotopic (exact) mass is 323 g/mol. The first-order valence-corrected chi connectivity index (χ1v) is 7.04. The van der Waals surface area contributed by atoms with Crippen LogP contribution in [0.1, 0.15) is 10.4 Å². The number of rotatable bonds is 1. The molecule has 2 aliphatic heterocycles. The van der Waals surface area contributed by atoms with Crippen LogP contribution in [0.4, 0.5) is 4.79 Å². The number of urea groups is 1. The van der Waals surface area contributed by atoms with E-state index in [0.29, 0.717) is 31.7 Å². The number of fused-ring (bicyclic) bond motifs is 1. The molecule has 3 amide bonds. The lowest BCUT2D eigenvalue weighted by molar-refractivity contribution is 0.0616. The van der Waals surface area contributed by atoms with Gasteiger partial charge in [0, 0.05) is 30.7 Å². The molecule has 1 atom stereocenters. The fourth-order valence-electron chi connectivity index (χ4n) is 2.59. The molecule has 6 heteroatoms. The third-order valence-corrected chi connectivity index (χ3v) is 4.32. The summed E-state index contributed by atoms with van der Waals surface area (Å²) < 4.78 is 0.808. The van der Waals surface area contributed by atoms with Crippen LogP contribution >= 0.6 is 15.9 Å². The summed E-state index contributed by atoms with van der Waals surface area (Å²) in [5.41, 5.74) is 0.674. The van der Waals surface area contributed by atoms with Gasteiger partial charge in [-0.3, -0.25) is 4.79 Å². The van der Waals surface area contributed by atoms with Crippen LogP contribution in [0.15, 0.2) is 28.7 Å². The van der Waals surface area contributed by atoms with Crippen LogP contribution < -0.4 is 5.32 Å². The average Bonchev–Trinajstić information content (AvgIpc) is 2.80. The molecule has 2 aliphatic rings. The molecular weight excluding hydrogens is 310 g/mol. The molecule has 0 aromatic heterocycles. The van der Waals surface area contributed by atoms with Crippen molar-refractivity contribution in [2.75, 3.05) is 26.2 Å². The normalized spacial score (nSPS) is 22.2. The fourth-order valence-corrected chi connectivity index (χ4v) is 3.05. The molecule has 1 aromatic rings. The molecule has 0 saturated carbocycles. The second-order valence-corrected chi connectivity index (χ2v) is 5.62. The second kappa shape index (κ2) is 4.85. The van der Waals surface area contributed by atoms with Gasteiger partial charge in [0.1, 0.15) is 0 Å². The van der Waals surface area contributed by atoms with Gasteiger partial charge in [-0.2, -0.15) is 0 Å². The van der Waals surface area contributed by atoms with Crippen molar-refractivity contribution in [1.29, 1.82) is 0 Å². The van der Waals surface area contributed by atoms with Gasteiger partial charge in [0.15, 0.2) is 0 Å². The third-order valence-electron chi connectivity index (χ3n) is 3.62. The van der Waals surface area contributed by atoms with Crippen LogP contribution in [-0.4, -0.2) is 54.0 Å². The Bertz CT molecular complexity index is 534. The van der Waals surface area contributed by atoms with Crippen molar-refractivity contribution in [3.63, 3.8) is 0 Å². The molecule has 100 valence electrons. The van der Waals surface area contributed by atoms with Crippen molar-refractivity contribution in [1.82, 2.24) is 15.1 Å². The number of piperazine rings is 1. The SMILES string of the molecule is O=C(c1ccccc1Br)N1CCN2C(=O)NCC2C1. The minimum absolute atomic E-state index is 0.0157. The smallest absolute Gasteiger partial charge is 0.317 e. The molecule has 3 rings (SSSR count). The summed E-state index contributed by atoms with van der Waals surface area (Å²) in [6.07, 6.45) is 0. The molecule has 1 unspecified atom stereocenters. The average molecular weight is 324 g/mol. The van der Waals surface area contributed by atoms with Crippen molar-refractivity contribution >= 4 is 27.9 Å². The Morgan fingerprint density at radius 1 is 1.32 bits per heavy atom. The van der Waals surface area contributed by atoms with Crippen molar-refractivity contribution in [2.24, 2.45) is 0 Å². The van der Waals surface area contributed by atoms with Gasteiger partial charge < -0.3 is 15.1 Å². The zero-order valence-electron chi connectivity index (χ0n) is 10.3. The van der Waals surface area contributed by atoms with Gasteiger partial charge in [-0.15, -0.1) is 0 Å². The first kappa shape index (κ1) is 12.5. The molecule has 2 saturated heterocycles. The van der Waals surface area contributed by atoms with Gasteiger partial charge in [0.25, 0.3) is 5.91 Å². The fraction of sp³-hybridized carbons (Fsp3) is 0.385. The molecule has 1 N–H and O–H groups in total. The van der Waals surface area contributed by atoms with Crippen molar-refractivity contribution in [3.05, 3.63) is 34.3 Å². The Labute approximate surface area is 119 Å². The first-order chi connectivity index (χ1) is 9.16. The predicted octanol–water partition coefficient (Wildman–Crippen LogP) is 1.30. The maximum atomic E-state index is 12.5. The number of nitrogens with zero attached hydrogens (tertiary/aromatic N) is 2. The van der Waals surface area contributed by atoms with E-state index in [9.17, 15) is 9.59 Å². The number of amides is 3. The summed E-state index contributed by atoms with van der Waals surface area (Å²) in [4.78, 5) is 27.6. The maximum absolute atomic E-state index is 12.5. The van der Waals surface area contributed by atoms with E-state index < -0.39 is 0 Å². The highest BCUT2D eigenvalue weighted by atomic mass is 79.9. The van der Waals surface area contributed by atoms with E-state index in [4.69, 9.17) is 0 Å². The number of carbonyl (C=O) groups is 2. The van der Waals surface area contributed by atoms with Gasteiger partial charge in [-0.1, -0.05) is 12.1 Å². The van der Waals surface area contributed by atoms with E-state index in [-0.39, 0.29) is 18.0 Å². The summed E-state index contributed by atoms with van der Waals surface area (Å²) in [5.74, 6) is 0.0199. The van der Waals surface area contributed by atoms with Crippen LogP contribution in [0, 0.1) is 0 Å². The molecule has 1 aromatic carbocycles. The number of hydrogen-bond donors (Lipinski definition) is 1. The van der Waals surface area contributed by atoms with Crippen molar-refractivity contribution < 1.29 is 9.59 Å². The van der Waals surface area contributed by atoms with E-state index >= 15 is 0 Å². The molecule has 19 heavy (non-hydrogen) atoms. The minimum atomic E-state index is -0.0157. The number of halogens is 1. The highest BCUT2D eigenvalue weighted by Crippen LogP contribution is 2.21. The van der Waals surface area contributed by atoms with Crippen LogP contribution in [0.25, 0.3) is 0 Å². The minimum Gasteiger partial charge on any atom is -0.336 e. The van der Waals surface area contributed by atoms with Gasteiger partial charge in [-0.25, -0.2) is 4.79 Å². The predicted molar refractivity (Wildman–Crippen MR) is 73.9 cm³/mol. The number of hydrogen-bond acceptors (Lipinski definition) is 2. The zero-order chi connectivity index (χ0) is 13.4.